The number of carbonyl (C=O) groups excluding carboxylic acids is 3. The first-order valence-electron chi connectivity index (χ1n) is 6.40. The summed E-state index contributed by atoms with van der Waals surface area (Å²) in [6.45, 7) is 3.62. The molecule has 0 aliphatic heterocycles. The zero-order valence-electron chi connectivity index (χ0n) is 12.1. The van der Waals surface area contributed by atoms with E-state index in [1.165, 1.54) is 26.2 Å². The quantitative estimate of drug-likeness (QED) is 0.767. The number of rotatable bonds is 6. The normalized spacial score (nSPS) is 11.2. The molecule has 0 aromatic heterocycles. The highest BCUT2D eigenvalue weighted by Gasteiger charge is 2.18. The number of hydrogen-bond donors (Lipinski definition) is 2. The van der Waals surface area contributed by atoms with Gasteiger partial charge in [-0.3, -0.25) is 14.9 Å². The van der Waals surface area contributed by atoms with Crippen LogP contribution in [0.5, 0.6) is 11.5 Å². The standard InChI is InChI=1S/C14H18N2O5/c1-4-15-14(19)16-13(18)9(2)21-12-6-5-11(20-3)7-10(12)8-17/h5-9H,4H2,1-3H3,(H2,15,16,18,19). The third kappa shape index (κ3) is 4.79. The van der Waals surface area contributed by atoms with E-state index in [2.05, 4.69) is 10.6 Å². The second-order valence-corrected chi connectivity index (χ2v) is 4.13. The molecule has 1 aromatic rings. The number of aldehydes is 1. The summed E-state index contributed by atoms with van der Waals surface area (Å²) in [7, 11) is 1.48. The Bertz CT molecular complexity index is 530. The number of urea groups is 1. The molecule has 1 rings (SSSR count). The molecule has 0 saturated carbocycles. The van der Waals surface area contributed by atoms with Crippen molar-refractivity contribution < 1.29 is 23.9 Å². The Kier molecular flexibility index (Phi) is 6.19. The SMILES string of the molecule is CCNC(=O)NC(=O)C(C)Oc1ccc(OC)cc1C=O. The molecule has 7 heteroatoms. The van der Waals surface area contributed by atoms with Gasteiger partial charge < -0.3 is 14.8 Å². The van der Waals surface area contributed by atoms with Crippen LogP contribution >= 0.6 is 0 Å². The number of carbonyl (C=O) groups is 3. The average molecular weight is 294 g/mol. The summed E-state index contributed by atoms with van der Waals surface area (Å²) >= 11 is 0. The maximum absolute atomic E-state index is 11.7. The number of nitrogens with one attached hydrogen (secondary N) is 2. The second kappa shape index (κ2) is 7.88. The number of hydrogen-bond acceptors (Lipinski definition) is 5. The molecule has 7 nitrogen and oxygen atoms in total. The Morgan fingerprint density at radius 2 is 2.10 bits per heavy atom. The number of methoxy groups -OCH3 is 1. The lowest BCUT2D eigenvalue weighted by Gasteiger charge is -2.16. The summed E-state index contributed by atoms with van der Waals surface area (Å²) in [5.74, 6) is 0.141. The van der Waals surface area contributed by atoms with Crippen molar-refractivity contribution in [3.63, 3.8) is 0 Å². The Labute approximate surface area is 122 Å². The predicted molar refractivity (Wildman–Crippen MR) is 75.7 cm³/mol. The van der Waals surface area contributed by atoms with E-state index < -0.39 is 18.0 Å². The second-order valence-electron chi connectivity index (χ2n) is 4.13. The van der Waals surface area contributed by atoms with E-state index >= 15 is 0 Å². The van der Waals surface area contributed by atoms with E-state index in [1.54, 1.807) is 13.0 Å². The molecule has 0 heterocycles. The van der Waals surface area contributed by atoms with Crippen LogP contribution in [-0.2, 0) is 4.79 Å². The molecule has 0 bridgehead atoms. The fourth-order valence-electron chi connectivity index (χ4n) is 1.52. The smallest absolute Gasteiger partial charge is 0.321 e. The monoisotopic (exact) mass is 294 g/mol. The third-order valence-electron chi connectivity index (χ3n) is 2.59. The first kappa shape index (κ1) is 16.5. The molecular weight excluding hydrogens is 276 g/mol. The average Bonchev–Trinajstić information content (AvgIpc) is 2.47. The van der Waals surface area contributed by atoms with E-state index in [9.17, 15) is 14.4 Å². The highest BCUT2D eigenvalue weighted by atomic mass is 16.5. The van der Waals surface area contributed by atoms with E-state index in [0.717, 1.165) is 0 Å². The number of benzene rings is 1. The largest absolute Gasteiger partial charge is 0.497 e. The third-order valence-corrected chi connectivity index (χ3v) is 2.59. The van der Waals surface area contributed by atoms with Gasteiger partial charge in [-0.15, -0.1) is 0 Å². The van der Waals surface area contributed by atoms with Crippen molar-refractivity contribution in [2.24, 2.45) is 0 Å². The summed E-state index contributed by atoms with van der Waals surface area (Å²) in [5.41, 5.74) is 0.256. The molecule has 1 aromatic carbocycles. The molecule has 114 valence electrons. The molecule has 2 N–H and O–H groups in total. The number of amides is 3. The summed E-state index contributed by atoms with van der Waals surface area (Å²) in [6.07, 6.45) is -0.327. The first-order chi connectivity index (χ1) is 10.0. The van der Waals surface area contributed by atoms with E-state index in [4.69, 9.17) is 9.47 Å². The zero-order valence-corrected chi connectivity index (χ0v) is 12.1. The van der Waals surface area contributed by atoms with Crippen molar-refractivity contribution >= 4 is 18.2 Å². The molecule has 0 aliphatic rings. The van der Waals surface area contributed by atoms with E-state index in [-0.39, 0.29) is 11.3 Å². The maximum Gasteiger partial charge on any atom is 0.321 e. The topological polar surface area (TPSA) is 93.7 Å². The van der Waals surface area contributed by atoms with Gasteiger partial charge in [-0.1, -0.05) is 0 Å². The molecule has 3 amide bonds. The first-order valence-corrected chi connectivity index (χ1v) is 6.40. The Morgan fingerprint density at radius 1 is 1.38 bits per heavy atom. The Hall–Kier alpha value is -2.57. The number of ether oxygens (including phenoxy) is 2. The molecule has 0 saturated heterocycles. The van der Waals surface area contributed by atoms with Gasteiger partial charge in [-0.25, -0.2) is 4.79 Å². The van der Waals surface area contributed by atoms with Crippen LogP contribution in [0.1, 0.15) is 24.2 Å². The summed E-state index contributed by atoms with van der Waals surface area (Å²) < 4.78 is 10.4. The van der Waals surface area contributed by atoms with Crippen LogP contribution in [0.3, 0.4) is 0 Å². The van der Waals surface area contributed by atoms with Crippen LogP contribution in [0.4, 0.5) is 4.79 Å². The van der Waals surface area contributed by atoms with Crippen molar-refractivity contribution in [3.8, 4) is 11.5 Å². The van der Waals surface area contributed by atoms with Crippen molar-refractivity contribution in [1.82, 2.24) is 10.6 Å². The van der Waals surface area contributed by atoms with Gasteiger partial charge in [0.05, 0.1) is 12.7 Å². The molecule has 0 radical (unpaired) electrons. The fourth-order valence-corrected chi connectivity index (χ4v) is 1.52. The summed E-state index contributed by atoms with van der Waals surface area (Å²) in [5, 5.41) is 4.57. The predicted octanol–water partition coefficient (Wildman–Crippen LogP) is 1.12. The van der Waals surface area contributed by atoms with Crippen LogP contribution in [0.25, 0.3) is 0 Å². The fraction of sp³-hybridized carbons (Fsp3) is 0.357. The van der Waals surface area contributed by atoms with Crippen molar-refractivity contribution in [3.05, 3.63) is 23.8 Å². The van der Waals surface area contributed by atoms with Crippen LogP contribution in [0.15, 0.2) is 18.2 Å². The molecule has 1 atom stereocenters. The van der Waals surface area contributed by atoms with Crippen LogP contribution in [0, 0.1) is 0 Å². The summed E-state index contributed by atoms with van der Waals surface area (Å²) in [4.78, 5) is 34.0. The molecule has 1 unspecified atom stereocenters. The van der Waals surface area contributed by atoms with Crippen LogP contribution < -0.4 is 20.1 Å². The van der Waals surface area contributed by atoms with Gasteiger partial charge >= 0.3 is 6.03 Å². The minimum atomic E-state index is -0.931. The molecule has 21 heavy (non-hydrogen) atoms. The minimum Gasteiger partial charge on any atom is -0.497 e. The lowest BCUT2D eigenvalue weighted by Crippen LogP contribution is -2.45. The highest BCUT2D eigenvalue weighted by Crippen LogP contribution is 2.23. The van der Waals surface area contributed by atoms with Gasteiger partial charge in [-0.05, 0) is 32.0 Å². The van der Waals surface area contributed by atoms with Crippen molar-refractivity contribution in [2.75, 3.05) is 13.7 Å². The van der Waals surface area contributed by atoms with Gasteiger partial charge in [0.15, 0.2) is 12.4 Å². The van der Waals surface area contributed by atoms with Crippen molar-refractivity contribution in [1.29, 1.82) is 0 Å². The van der Waals surface area contributed by atoms with Crippen LogP contribution in [-0.4, -0.2) is 38.0 Å². The minimum absolute atomic E-state index is 0.240. The molecule has 0 fully saturated rings. The molecule has 0 spiro atoms. The Morgan fingerprint density at radius 3 is 2.67 bits per heavy atom. The lowest BCUT2D eigenvalue weighted by molar-refractivity contribution is -0.126. The van der Waals surface area contributed by atoms with Gasteiger partial charge in [-0.2, -0.15) is 0 Å². The van der Waals surface area contributed by atoms with E-state index in [0.29, 0.717) is 18.6 Å². The van der Waals surface area contributed by atoms with Gasteiger partial charge in [0.1, 0.15) is 11.5 Å². The van der Waals surface area contributed by atoms with Gasteiger partial charge in [0.25, 0.3) is 5.91 Å². The van der Waals surface area contributed by atoms with Gasteiger partial charge in [0, 0.05) is 6.54 Å². The van der Waals surface area contributed by atoms with Crippen molar-refractivity contribution in [2.45, 2.75) is 20.0 Å². The molecular formula is C14H18N2O5. The number of imide groups is 1. The highest BCUT2D eigenvalue weighted by molar-refractivity contribution is 5.96. The van der Waals surface area contributed by atoms with E-state index in [1.807, 2.05) is 0 Å². The molecule has 0 aliphatic carbocycles. The Balaban J connectivity index is 2.74. The van der Waals surface area contributed by atoms with Gasteiger partial charge in [0.2, 0.25) is 0 Å². The summed E-state index contributed by atoms with van der Waals surface area (Å²) in [6, 6.07) is 4.04. The zero-order chi connectivity index (χ0) is 15.8. The van der Waals surface area contributed by atoms with Crippen LogP contribution in [0.2, 0.25) is 0 Å². The maximum atomic E-state index is 11.7. The lowest BCUT2D eigenvalue weighted by atomic mass is 10.2.